The molecule has 1 atom stereocenters. The Hall–Kier alpha value is -2.06. The van der Waals surface area contributed by atoms with Gasteiger partial charge in [-0.3, -0.25) is 4.79 Å². The molecule has 0 saturated heterocycles. The van der Waals surface area contributed by atoms with Gasteiger partial charge in [-0.05, 0) is 64.7 Å². The summed E-state index contributed by atoms with van der Waals surface area (Å²) in [6.07, 6.45) is 4.28. The Morgan fingerprint density at radius 3 is 2.96 bits per heavy atom. The molecule has 0 saturated carbocycles. The molecule has 4 rings (SSSR count). The SMILES string of the molecule is Cc1nc2sc3c(c2c2nc(C(=O)NCCCN(C)C)nn12)CC(C)CC3. The van der Waals surface area contributed by atoms with E-state index in [-0.39, 0.29) is 11.7 Å². The van der Waals surface area contributed by atoms with Crippen molar-refractivity contribution in [3.8, 4) is 0 Å². The zero-order chi connectivity index (χ0) is 19.1. The van der Waals surface area contributed by atoms with Crippen LogP contribution in [-0.4, -0.2) is 57.6 Å². The summed E-state index contributed by atoms with van der Waals surface area (Å²) in [7, 11) is 4.05. The summed E-state index contributed by atoms with van der Waals surface area (Å²) in [6.45, 7) is 5.76. The maximum atomic E-state index is 12.5. The number of carbonyl (C=O) groups is 1. The van der Waals surface area contributed by atoms with Crippen LogP contribution < -0.4 is 5.32 Å². The minimum atomic E-state index is -0.220. The zero-order valence-corrected chi connectivity index (χ0v) is 17.2. The van der Waals surface area contributed by atoms with Crippen LogP contribution in [-0.2, 0) is 12.8 Å². The molecule has 3 heterocycles. The minimum absolute atomic E-state index is 0.220. The van der Waals surface area contributed by atoms with Gasteiger partial charge in [-0.15, -0.1) is 16.4 Å². The second-order valence-corrected chi connectivity index (χ2v) is 8.86. The Morgan fingerprint density at radius 1 is 1.37 bits per heavy atom. The van der Waals surface area contributed by atoms with Crippen LogP contribution in [0.2, 0.25) is 0 Å². The van der Waals surface area contributed by atoms with Crippen molar-refractivity contribution in [2.24, 2.45) is 5.92 Å². The van der Waals surface area contributed by atoms with Crippen molar-refractivity contribution < 1.29 is 4.79 Å². The predicted molar refractivity (Wildman–Crippen MR) is 108 cm³/mol. The molecule has 0 aromatic carbocycles. The van der Waals surface area contributed by atoms with Gasteiger partial charge in [0.25, 0.3) is 5.91 Å². The van der Waals surface area contributed by atoms with Crippen LogP contribution in [0.3, 0.4) is 0 Å². The molecule has 1 aliphatic carbocycles. The van der Waals surface area contributed by atoms with E-state index in [1.807, 2.05) is 21.0 Å². The van der Waals surface area contributed by atoms with Crippen LogP contribution in [0.4, 0.5) is 0 Å². The van der Waals surface area contributed by atoms with Crippen molar-refractivity contribution in [3.63, 3.8) is 0 Å². The number of thiophene rings is 1. The second-order valence-electron chi connectivity index (χ2n) is 7.77. The molecule has 3 aromatic heterocycles. The summed E-state index contributed by atoms with van der Waals surface area (Å²) in [5.41, 5.74) is 2.12. The molecule has 3 aromatic rings. The summed E-state index contributed by atoms with van der Waals surface area (Å²) in [5, 5.41) is 8.46. The number of hydrogen-bond acceptors (Lipinski definition) is 6. The number of hydrogen-bond donors (Lipinski definition) is 1. The largest absolute Gasteiger partial charge is 0.349 e. The van der Waals surface area contributed by atoms with Crippen LogP contribution in [0.25, 0.3) is 15.9 Å². The Kier molecular flexibility index (Phi) is 4.86. The van der Waals surface area contributed by atoms with Gasteiger partial charge < -0.3 is 10.2 Å². The molecular weight excluding hydrogens is 360 g/mol. The summed E-state index contributed by atoms with van der Waals surface area (Å²) >= 11 is 1.77. The average molecular weight is 387 g/mol. The predicted octanol–water partition coefficient (Wildman–Crippen LogP) is 2.45. The summed E-state index contributed by atoms with van der Waals surface area (Å²) < 4.78 is 1.73. The summed E-state index contributed by atoms with van der Waals surface area (Å²) in [6, 6.07) is 0. The molecule has 0 spiro atoms. The summed E-state index contributed by atoms with van der Waals surface area (Å²) in [5.74, 6) is 1.44. The Morgan fingerprint density at radius 2 is 2.19 bits per heavy atom. The van der Waals surface area contributed by atoms with E-state index in [0.29, 0.717) is 12.5 Å². The van der Waals surface area contributed by atoms with Gasteiger partial charge in [0.2, 0.25) is 5.82 Å². The minimum Gasteiger partial charge on any atom is -0.349 e. The van der Waals surface area contributed by atoms with E-state index < -0.39 is 0 Å². The second kappa shape index (κ2) is 7.16. The molecule has 0 aliphatic heterocycles. The fourth-order valence-corrected chi connectivity index (χ4v) is 4.98. The molecule has 144 valence electrons. The lowest BCUT2D eigenvalue weighted by Crippen LogP contribution is -2.28. The molecule has 0 bridgehead atoms. The van der Waals surface area contributed by atoms with Gasteiger partial charge in [0.15, 0.2) is 5.65 Å². The highest BCUT2D eigenvalue weighted by atomic mass is 32.1. The van der Waals surface area contributed by atoms with Crippen molar-refractivity contribution in [1.82, 2.24) is 29.8 Å². The number of carbonyl (C=O) groups excluding carboxylic acids is 1. The van der Waals surface area contributed by atoms with Gasteiger partial charge >= 0.3 is 0 Å². The van der Waals surface area contributed by atoms with Crippen LogP contribution in [0.15, 0.2) is 0 Å². The van der Waals surface area contributed by atoms with Crippen molar-refractivity contribution >= 4 is 33.1 Å². The Labute approximate surface area is 162 Å². The van der Waals surface area contributed by atoms with Gasteiger partial charge in [-0.25, -0.2) is 9.97 Å². The number of nitrogens with one attached hydrogen (secondary N) is 1. The van der Waals surface area contributed by atoms with Crippen molar-refractivity contribution in [1.29, 1.82) is 0 Å². The first kappa shape index (κ1) is 18.3. The first-order valence-corrected chi connectivity index (χ1v) is 10.4. The lowest BCUT2D eigenvalue weighted by Gasteiger charge is -2.17. The molecule has 8 heteroatoms. The summed E-state index contributed by atoms with van der Waals surface area (Å²) in [4.78, 5) is 26.4. The number of aromatic nitrogens is 4. The van der Waals surface area contributed by atoms with Crippen molar-refractivity contribution in [3.05, 3.63) is 22.1 Å². The number of aryl methyl sites for hydroxylation is 2. The molecular formula is C19H26N6OS. The van der Waals surface area contributed by atoms with E-state index in [9.17, 15) is 4.79 Å². The molecule has 0 fully saturated rings. The van der Waals surface area contributed by atoms with E-state index in [1.54, 1.807) is 15.9 Å². The molecule has 1 aliphatic rings. The van der Waals surface area contributed by atoms with Crippen molar-refractivity contribution in [2.45, 2.75) is 39.5 Å². The topological polar surface area (TPSA) is 75.4 Å². The van der Waals surface area contributed by atoms with Gasteiger partial charge in [-0.1, -0.05) is 6.92 Å². The Balaban J connectivity index is 1.69. The van der Waals surface area contributed by atoms with E-state index in [2.05, 4.69) is 27.2 Å². The fraction of sp³-hybridized carbons (Fsp3) is 0.579. The van der Waals surface area contributed by atoms with Crippen LogP contribution in [0.1, 0.15) is 46.6 Å². The quantitative estimate of drug-likeness (QED) is 0.682. The molecule has 27 heavy (non-hydrogen) atoms. The van der Waals surface area contributed by atoms with E-state index in [1.165, 1.54) is 16.9 Å². The smallest absolute Gasteiger partial charge is 0.290 e. The monoisotopic (exact) mass is 386 g/mol. The van der Waals surface area contributed by atoms with Gasteiger partial charge in [0, 0.05) is 11.4 Å². The highest BCUT2D eigenvalue weighted by molar-refractivity contribution is 7.19. The first-order valence-electron chi connectivity index (χ1n) is 9.54. The fourth-order valence-electron chi connectivity index (χ4n) is 3.72. The lowest BCUT2D eigenvalue weighted by atomic mass is 9.89. The van der Waals surface area contributed by atoms with E-state index in [0.717, 1.165) is 47.5 Å². The third-order valence-electron chi connectivity index (χ3n) is 5.16. The van der Waals surface area contributed by atoms with Crippen molar-refractivity contribution in [2.75, 3.05) is 27.2 Å². The van der Waals surface area contributed by atoms with Crippen LogP contribution >= 0.6 is 11.3 Å². The molecule has 1 unspecified atom stereocenters. The average Bonchev–Trinajstić information content (AvgIpc) is 3.19. The number of fused-ring (bicyclic) bond motifs is 5. The zero-order valence-electron chi connectivity index (χ0n) is 16.4. The maximum Gasteiger partial charge on any atom is 0.290 e. The van der Waals surface area contributed by atoms with Gasteiger partial charge in [0.1, 0.15) is 10.7 Å². The highest BCUT2D eigenvalue weighted by Gasteiger charge is 2.25. The van der Waals surface area contributed by atoms with Crippen LogP contribution in [0, 0.1) is 12.8 Å². The number of rotatable bonds is 5. The third-order valence-corrected chi connectivity index (χ3v) is 6.35. The lowest BCUT2D eigenvalue weighted by molar-refractivity contribution is 0.0942. The molecule has 0 radical (unpaired) electrons. The molecule has 7 nitrogen and oxygen atoms in total. The van der Waals surface area contributed by atoms with Gasteiger partial charge in [-0.2, -0.15) is 4.52 Å². The highest BCUT2D eigenvalue weighted by Crippen LogP contribution is 2.38. The maximum absolute atomic E-state index is 12.5. The normalized spacial score (nSPS) is 17.0. The first-order chi connectivity index (χ1) is 12.9. The van der Waals surface area contributed by atoms with Crippen LogP contribution in [0.5, 0.6) is 0 Å². The Bertz CT molecular complexity index is 1000. The standard InChI is InChI=1S/C19H26N6OS/c1-11-6-7-14-13(10-11)15-17-22-16(18(26)20-8-5-9-24(3)4)23-25(17)12(2)21-19(15)27-14/h11H,5-10H2,1-4H3,(H,20,26). The molecule has 1 N–H and O–H groups in total. The van der Waals surface area contributed by atoms with E-state index >= 15 is 0 Å². The third kappa shape index (κ3) is 3.43. The molecule has 1 amide bonds. The van der Waals surface area contributed by atoms with E-state index in [4.69, 9.17) is 4.98 Å². The number of nitrogens with zero attached hydrogens (tertiary/aromatic N) is 5. The number of amides is 1. The van der Waals surface area contributed by atoms with Gasteiger partial charge in [0.05, 0.1) is 5.39 Å².